The molecule has 6 nitrogen and oxygen atoms in total. The summed E-state index contributed by atoms with van der Waals surface area (Å²) in [6.07, 6.45) is 1.50. The number of carbonyl (C=O) groups is 2. The molecule has 3 rings (SSSR count). The number of benzene rings is 1. The van der Waals surface area contributed by atoms with Gasteiger partial charge in [0.05, 0.1) is 18.8 Å². The van der Waals surface area contributed by atoms with E-state index in [4.69, 9.17) is 4.42 Å². The first-order valence-electron chi connectivity index (χ1n) is 8.53. The lowest BCUT2D eigenvalue weighted by molar-refractivity contribution is -0.123. The van der Waals surface area contributed by atoms with Crippen LogP contribution in [0.15, 0.2) is 53.1 Å². The monoisotopic (exact) mass is 341 g/mol. The third-order valence-corrected chi connectivity index (χ3v) is 4.44. The highest BCUT2D eigenvalue weighted by Gasteiger charge is 2.24. The molecule has 1 aromatic heterocycles. The summed E-state index contributed by atoms with van der Waals surface area (Å²) < 4.78 is 5.16. The van der Waals surface area contributed by atoms with Gasteiger partial charge in [-0.15, -0.1) is 0 Å². The van der Waals surface area contributed by atoms with Crippen molar-refractivity contribution in [3.05, 3.63) is 60.1 Å². The van der Waals surface area contributed by atoms with Crippen molar-refractivity contribution in [2.45, 2.75) is 13.0 Å². The zero-order valence-corrected chi connectivity index (χ0v) is 14.4. The minimum atomic E-state index is -0.0909. The maximum atomic E-state index is 12.2. The number of amides is 2. The number of piperazine rings is 1. The molecular weight excluding hydrogens is 318 g/mol. The molecule has 0 radical (unpaired) electrons. The molecule has 6 heteroatoms. The predicted molar refractivity (Wildman–Crippen MR) is 94.1 cm³/mol. The molecular formula is C19H23N3O3. The van der Waals surface area contributed by atoms with Crippen molar-refractivity contribution in [3.8, 4) is 0 Å². The SMILES string of the molecule is C[C@@H](NC(=O)CN1CCN(C(=O)c2ccco2)CC1)c1ccccc1. The highest BCUT2D eigenvalue weighted by Crippen LogP contribution is 2.12. The minimum Gasteiger partial charge on any atom is -0.459 e. The average molecular weight is 341 g/mol. The molecule has 1 N–H and O–H groups in total. The molecule has 1 fully saturated rings. The minimum absolute atomic E-state index is 0.00200. The Hall–Kier alpha value is -2.60. The van der Waals surface area contributed by atoms with Gasteiger partial charge in [-0.25, -0.2) is 0 Å². The number of carbonyl (C=O) groups excluding carboxylic acids is 2. The van der Waals surface area contributed by atoms with Crippen LogP contribution in [0.2, 0.25) is 0 Å². The number of hydrogen-bond donors (Lipinski definition) is 1. The fourth-order valence-electron chi connectivity index (χ4n) is 2.98. The van der Waals surface area contributed by atoms with Crippen molar-refractivity contribution in [1.29, 1.82) is 0 Å². The number of furan rings is 1. The first-order chi connectivity index (χ1) is 12.1. The second-order valence-corrected chi connectivity index (χ2v) is 6.25. The second kappa shape index (κ2) is 7.98. The van der Waals surface area contributed by atoms with Gasteiger partial charge in [0.15, 0.2) is 5.76 Å². The molecule has 2 amide bonds. The molecule has 2 aromatic rings. The Bertz CT molecular complexity index is 692. The third kappa shape index (κ3) is 4.48. The molecule has 25 heavy (non-hydrogen) atoms. The van der Waals surface area contributed by atoms with E-state index in [0.717, 1.165) is 5.56 Å². The Kier molecular flexibility index (Phi) is 5.50. The van der Waals surface area contributed by atoms with E-state index in [1.165, 1.54) is 6.26 Å². The van der Waals surface area contributed by atoms with Crippen molar-refractivity contribution in [1.82, 2.24) is 15.1 Å². The molecule has 2 heterocycles. The summed E-state index contributed by atoms with van der Waals surface area (Å²) in [6, 6.07) is 13.3. The predicted octanol–water partition coefficient (Wildman–Crippen LogP) is 1.91. The number of nitrogens with one attached hydrogen (secondary N) is 1. The van der Waals surface area contributed by atoms with Gasteiger partial charge in [0.25, 0.3) is 5.91 Å². The van der Waals surface area contributed by atoms with E-state index >= 15 is 0 Å². The molecule has 0 aliphatic carbocycles. The lowest BCUT2D eigenvalue weighted by Gasteiger charge is -2.34. The van der Waals surface area contributed by atoms with Gasteiger partial charge in [-0.3, -0.25) is 14.5 Å². The summed E-state index contributed by atoms with van der Waals surface area (Å²) in [6.45, 7) is 4.88. The lowest BCUT2D eigenvalue weighted by atomic mass is 10.1. The first kappa shape index (κ1) is 17.2. The Morgan fingerprint density at radius 3 is 2.44 bits per heavy atom. The summed E-state index contributed by atoms with van der Waals surface area (Å²) in [4.78, 5) is 28.3. The fraction of sp³-hybridized carbons (Fsp3) is 0.368. The Labute approximate surface area is 147 Å². The van der Waals surface area contributed by atoms with Crippen LogP contribution in [0.1, 0.15) is 29.1 Å². The quantitative estimate of drug-likeness (QED) is 0.902. The molecule has 0 unspecified atom stereocenters. The van der Waals surface area contributed by atoms with Gasteiger partial charge in [0, 0.05) is 26.2 Å². The molecule has 1 atom stereocenters. The van der Waals surface area contributed by atoms with Crippen LogP contribution in [-0.2, 0) is 4.79 Å². The standard InChI is InChI=1S/C19H23N3O3/c1-15(16-6-3-2-4-7-16)20-18(23)14-21-9-11-22(12-10-21)19(24)17-8-5-13-25-17/h2-8,13,15H,9-12,14H2,1H3,(H,20,23)/t15-/m1/s1. The van der Waals surface area contributed by atoms with Gasteiger partial charge >= 0.3 is 0 Å². The molecule has 132 valence electrons. The third-order valence-electron chi connectivity index (χ3n) is 4.44. The van der Waals surface area contributed by atoms with E-state index < -0.39 is 0 Å². The topological polar surface area (TPSA) is 65.8 Å². The zero-order chi connectivity index (χ0) is 17.6. The maximum absolute atomic E-state index is 12.2. The van der Waals surface area contributed by atoms with Crippen molar-refractivity contribution >= 4 is 11.8 Å². The van der Waals surface area contributed by atoms with Crippen molar-refractivity contribution in [3.63, 3.8) is 0 Å². The van der Waals surface area contributed by atoms with Crippen LogP contribution in [-0.4, -0.2) is 54.3 Å². The largest absolute Gasteiger partial charge is 0.459 e. The fourth-order valence-corrected chi connectivity index (χ4v) is 2.98. The van der Waals surface area contributed by atoms with Crippen LogP contribution in [0.4, 0.5) is 0 Å². The van der Waals surface area contributed by atoms with Gasteiger partial charge < -0.3 is 14.6 Å². The van der Waals surface area contributed by atoms with Crippen LogP contribution < -0.4 is 5.32 Å². The Balaban J connectivity index is 1.44. The zero-order valence-electron chi connectivity index (χ0n) is 14.4. The number of nitrogens with zero attached hydrogens (tertiary/aromatic N) is 2. The van der Waals surface area contributed by atoms with Crippen LogP contribution in [0.25, 0.3) is 0 Å². The summed E-state index contributed by atoms with van der Waals surface area (Å²) in [5.74, 6) is 0.275. The lowest BCUT2D eigenvalue weighted by Crippen LogP contribution is -2.51. The maximum Gasteiger partial charge on any atom is 0.289 e. The van der Waals surface area contributed by atoms with E-state index in [1.807, 2.05) is 37.3 Å². The molecule has 1 saturated heterocycles. The molecule has 1 aliphatic rings. The molecule has 0 spiro atoms. The van der Waals surface area contributed by atoms with Gasteiger partial charge in [-0.1, -0.05) is 30.3 Å². The Morgan fingerprint density at radius 1 is 1.08 bits per heavy atom. The van der Waals surface area contributed by atoms with Gasteiger partial charge in [0.1, 0.15) is 0 Å². The number of rotatable bonds is 5. The van der Waals surface area contributed by atoms with E-state index in [-0.39, 0.29) is 17.9 Å². The Morgan fingerprint density at radius 2 is 1.80 bits per heavy atom. The van der Waals surface area contributed by atoms with Crippen molar-refractivity contribution in [2.24, 2.45) is 0 Å². The van der Waals surface area contributed by atoms with Crippen LogP contribution >= 0.6 is 0 Å². The van der Waals surface area contributed by atoms with E-state index in [2.05, 4.69) is 10.2 Å². The van der Waals surface area contributed by atoms with Crippen molar-refractivity contribution in [2.75, 3.05) is 32.7 Å². The van der Waals surface area contributed by atoms with Crippen molar-refractivity contribution < 1.29 is 14.0 Å². The summed E-state index contributed by atoms with van der Waals surface area (Å²) >= 11 is 0. The van der Waals surface area contributed by atoms with Crippen LogP contribution in [0.3, 0.4) is 0 Å². The molecule has 0 saturated carbocycles. The van der Waals surface area contributed by atoms with Gasteiger partial charge in [-0.2, -0.15) is 0 Å². The van der Waals surface area contributed by atoms with E-state index in [1.54, 1.807) is 17.0 Å². The molecule has 1 aromatic carbocycles. The summed E-state index contributed by atoms with van der Waals surface area (Å²) in [7, 11) is 0. The average Bonchev–Trinajstić information content (AvgIpc) is 3.17. The highest BCUT2D eigenvalue weighted by atomic mass is 16.3. The van der Waals surface area contributed by atoms with Crippen LogP contribution in [0.5, 0.6) is 0 Å². The molecule has 0 bridgehead atoms. The highest BCUT2D eigenvalue weighted by molar-refractivity contribution is 5.91. The van der Waals surface area contributed by atoms with Crippen LogP contribution in [0, 0.1) is 0 Å². The van der Waals surface area contributed by atoms with E-state index in [0.29, 0.717) is 38.5 Å². The normalized spacial score (nSPS) is 16.4. The van der Waals surface area contributed by atoms with Gasteiger partial charge in [-0.05, 0) is 24.6 Å². The van der Waals surface area contributed by atoms with Gasteiger partial charge in [0.2, 0.25) is 5.91 Å². The smallest absolute Gasteiger partial charge is 0.289 e. The first-order valence-corrected chi connectivity index (χ1v) is 8.53. The summed E-state index contributed by atoms with van der Waals surface area (Å²) in [5, 5.41) is 3.02. The van der Waals surface area contributed by atoms with E-state index in [9.17, 15) is 9.59 Å². The number of hydrogen-bond acceptors (Lipinski definition) is 4. The second-order valence-electron chi connectivity index (χ2n) is 6.25. The summed E-state index contributed by atoms with van der Waals surface area (Å²) in [5.41, 5.74) is 1.09. The molecule has 1 aliphatic heterocycles.